The van der Waals surface area contributed by atoms with Crippen LogP contribution in [0.15, 0.2) is 27.9 Å². The third-order valence-corrected chi connectivity index (χ3v) is 4.21. The number of nitrogens with zero attached hydrogens (tertiary/aromatic N) is 2. The van der Waals surface area contributed by atoms with Gasteiger partial charge in [0.05, 0.1) is 12.2 Å². The van der Waals surface area contributed by atoms with Crippen molar-refractivity contribution in [1.29, 1.82) is 0 Å². The van der Waals surface area contributed by atoms with E-state index >= 15 is 0 Å². The Balaban J connectivity index is 2.04. The number of aliphatic hydroxyl groups is 1. The van der Waals surface area contributed by atoms with Crippen molar-refractivity contribution in [2.45, 2.75) is 44.0 Å². The first kappa shape index (κ1) is 15.1. The summed E-state index contributed by atoms with van der Waals surface area (Å²) >= 11 is 0. The minimum Gasteiger partial charge on any atom is -0.459 e. The first-order valence-corrected chi connectivity index (χ1v) is 7.10. The largest absolute Gasteiger partial charge is 0.459 e. The summed E-state index contributed by atoms with van der Waals surface area (Å²) in [7, 11) is 0. The van der Waals surface area contributed by atoms with E-state index in [0.29, 0.717) is 19.3 Å². The molecule has 2 aliphatic rings. The number of hydrogen-bond acceptors (Lipinski definition) is 4. The normalized spacial score (nSPS) is 29.0. The fourth-order valence-electron chi connectivity index (χ4n) is 3.10. The average Bonchev–Trinajstić information content (AvgIpc) is 3.00. The lowest BCUT2D eigenvalue weighted by molar-refractivity contribution is -0.312. The van der Waals surface area contributed by atoms with Gasteiger partial charge >= 0.3 is 12.1 Å². The lowest BCUT2D eigenvalue weighted by atomic mass is 9.87. The molecule has 1 aromatic heterocycles. The first-order chi connectivity index (χ1) is 10.4. The van der Waals surface area contributed by atoms with Crippen LogP contribution in [-0.2, 0) is 0 Å². The molecule has 1 fully saturated rings. The van der Waals surface area contributed by atoms with Crippen molar-refractivity contribution in [3.8, 4) is 0 Å². The molecular formula is C14H15F3N2O3. The number of amides is 1. The van der Waals surface area contributed by atoms with Crippen molar-refractivity contribution in [3.05, 3.63) is 24.2 Å². The van der Waals surface area contributed by atoms with E-state index in [-0.39, 0.29) is 22.9 Å². The first-order valence-electron chi connectivity index (χ1n) is 7.10. The quantitative estimate of drug-likeness (QED) is 0.866. The van der Waals surface area contributed by atoms with Gasteiger partial charge in [-0.15, -0.1) is 0 Å². The molecule has 0 saturated heterocycles. The van der Waals surface area contributed by atoms with Gasteiger partial charge in [-0.1, -0.05) is 12.8 Å². The fourth-order valence-corrected chi connectivity index (χ4v) is 3.10. The van der Waals surface area contributed by atoms with Gasteiger partial charge in [-0.3, -0.25) is 4.79 Å². The highest BCUT2D eigenvalue weighted by molar-refractivity contribution is 5.97. The molecule has 0 unspecified atom stereocenters. The number of hydrogen-bond donors (Lipinski definition) is 1. The van der Waals surface area contributed by atoms with Crippen LogP contribution in [0.1, 0.15) is 42.7 Å². The molecule has 8 heteroatoms. The molecule has 2 atom stereocenters. The van der Waals surface area contributed by atoms with Crippen molar-refractivity contribution in [2.24, 2.45) is 11.0 Å². The predicted molar refractivity (Wildman–Crippen MR) is 69.9 cm³/mol. The number of rotatable bonds is 1. The number of alkyl halides is 3. The molecular weight excluding hydrogens is 301 g/mol. The minimum absolute atomic E-state index is 0.150. The Morgan fingerprint density at radius 3 is 2.82 bits per heavy atom. The molecule has 22 heavy (non-hydrogen) atoms. The summed E-state index contributed by atoms with van der Waals surface area (Å²) in [5.74, 6) is -2.59. The number of carbonyl (C=O) groups excluding carboxylic acids is 1. The van der Waals surface area contributed by atoms with Crippen LogP contribution in [0.5, 0.6) is 0 Å². The maximum absolute atomic E-state index is 13.6. The van der Waals surface area contributed by atoms with Gasteiger partial charge in [0.2, 0.25) is 0 Å². The summed E-state index contributed by atoms with van der Waals surface area (Å²) in [5, 5.41) is 14.4. The van der Waals surface area contributed by atoms with E-state index in [0.717, 1.165) is 6.42 Å². The topological polar surface area (TPSA) is 66.0 Å². The van der Waals surface area contributed by atoms with Crippen molar-refractivity contribution < 1.29 is 27.5 Å². The highest BCUT2D eigenvalue weighted by atomic mass is 19.4. The van der Waals surface area contributed by atoms with Crippen LogP contribution in [0.4, 0.5) is 13.2 Å². The molecule has 0 radical (unpaired) electrons. The van der Waals surface area contributed by atoms with Gasteiger partial charge in [0, 0.05) is 5.71 Å². The van der Waals surface area contributed by atoms with Gasteiger partial charge in [0.25, 0.3) is 5.72 Å². The molecule has 1 saturated carbocycles. The average molecular weight is 316 g/mol. The Kier molecular flexibility index (Phi) is 3.51. The van der Waals surface area contributed by atoms with Crippen molar-refractivity contribution in [2.75, 3.05) is 0 Å². The Morgan fingerprint density at radius 1 is 1.41 bits per heavy atom. The lowest BCUT2D eigenvalue weighted by Gasteiger charge is -2.36. The third-order valence-electron chi connectivity index (χ3n) is 4.21. The van der Waals surface area contributed by atoms with E-state index in [9.17, 15) is 23.1 Å². The molecule has 3 rings (SSSR count). The SMILES string of the molecule is O=C(c1ccco1)N1N=C2CCCCC[C@H]2[C@@]1(O)C(F)(F)F. The number of halogens is 3. The standard InChI is InChI=1S/C14H15F3N2O3/c15-14(16,17)13(21)9-5-2-1-3-6-10(9)18-19(13)12(20)11-7-4-8-22-11/h4,7-9,21H,1-3,5-6H2/t9-,13-/m1/s1. The van der Waals surface area contributed by atoms with Crippen LogP contribution in [-0.4, -0.2) is 33.6 Å². The molecule has 0 spiro atoms. The Hall–Kier alpha value is -1.83. The minimum atomic E-state index is -5.00. The summed E-state index contributed by atoms with van der Waals surface area (Å²) in [4.78, 5) is 12.3. The second kappa shape index (κ2) is 5.12. The Labute approximate surface area is 124 Å². The summed E-state index contributed by atoms with van der Waals surface area (Å²) in [6.45, 7) is 0. The molecule has 1 aromatic rings. The molecule has 1 aliphatic carbocycles. The summed E-state index contributed by atoms with van der Waals surface area (Å²) in [6, 6.07) is 2.63. The van der Waals surface area contributed by atoms with Crippen molar-refractivity contribution in [3.63, 3.8) is 0 Å². The zero-order valence-electron chi connectivity index (χ0n) is 11.6. The Morgan fingerprint density at radius 2 is 2.18 bits per heavy atom. The van der Waals surface area contributed by atoms with Crippen molar-refractivity contribution in [1.82, 2.24) is 5.01 Å². The molecule has 0 aromatic carbocycles. The van der Waals surface area contributed by atoms with Crippen LogP contribution in [0.3, 0.4) is 0 Å². The molecule has 1 amide bonds. The van der Waals surface area contributed by atoms with Crippen LogP contribution < -0.4 is 0 Å². The summed E-state index contributed by atoms with van der Waals surface area (Å²) < 4.78 is 45.5. The second-order valence-electron chi connectivity index (χ2n) is 5.56. The summed E-state index contributed by atoms with van der Waals surface area (Å²) in [6.07, 6.45) is -1.27. The van der Waals surface area contributed by atoms with E-state index in [4.69, 9.17) is 4.42 Å². The maximum Gasteiger partial charge on any atom is 0.439 e. The van der Waals surface area contributed by atoms with Crippen molar-refractivity contribution >= 4 is 11.6 Å². The van der Waals surface area contributed by atoms with Crippen LogP contribution in [0.25, 0.3) is 0 Å². The number of furan rings is 1. The number of fused-ring (bicyclic) bond motifs is 1. The number of hydrazone groups is 1. The molecule has 0 bridgehead atoms. The number of carbonyl (C=O) groups is 1. The third kappa shape index (κ3) is 2.13. The van der Waals surface area contributed by atoms with Gasteiger partial charge in [0.1, 0.15) is 0 Å². The molecule has 5 nitrogen and oxygen atoms in total. The monoisotopic (exact) mass is 316 g/mol. The smallest absolute Gasteiger partial charge is 0.439 e. The van der Waals surface area contributed by atoms with Gasteiger partial charge in [-0.2, -0.15) is 23.3 Å². The van der Waals surface area contributed by atoms with Crippen LogP contribution >= 0.6 is 0 Å². The van der Waals surface area contributed by atoms with E-state index in [1.165, 1.54) is 18.4 Å². The van der Waals surface area contributed by atoms with Gasteiger partial charge in [-0.25, -0.2) is 0 Å². The molecule has 120 valence electrons. The highest BCUT2D eigenvalue weighted by Crippen LogP contribution is 2.47. The van der Waals surface area contributed by atoms with Crippen LogP contribution in [0.2, 0.25) is 0 Å². The zero-order chi connectivity index (χ0) is 16.0. The van der Waals surface area contributed by atoms with Gasteiger partial charge in [0.15, 0.2) is 5.76 Å². The lowest BCUT2D eigenvalue weighted by Crippen LogP contribution is -2.61. The maximum atomic E-state index is 13.6. The Bertz CT molecular complexity index is 597. The second-order valence-corrected chi connectivity index (χ2v) is 5.56. The zero-order valence-corrected chi connectivity index (χ0v) is 11.6. The van der Waals surface area contributed by atoms with E-state index in [1.54, 1.807) is 0 Å². The van der Waals surface area contributed by atoms with E-state index in [2.05, 4.69) is 5.10 Å². The van der Waals surface area contributed by atoms with Gasteiger partial charge < -0.3 is 9.52 Å². The van der Waals surface area contributed by atoms with Gasteiger partial charge in [-0.05, 0) is 31.4 Å². The van der Waals surface area contributed by atoms with E-state index in [1.807, 2.05) is 0 Å². The molecule has 1 aliphatic heterocycles. The fraction of sp³-hybridized carbons (Fsp3) is 0.571. The van der Waals surface area contributed by atoms with E-state index < -0.39 is 23.7 Å². The summed E-state index contributed by atoms with van der Waals surface area (Å²) in [5.41, 5.74) is -3.08. The predicted octanol–water partition coefficient (Wildman–Crippen LogP) is 2.92. The highest BCUT2D eigenvalue weighted by Gasteiger charge is 2.68. The molecule has 1 N–H and O–H groups in total. The van der Waals surface area contributed by atoms with Crippen LogP contribution in [0, 0.1) is 5.92 Å². The molecule has 2 heterocycles.